The number of rotatable bonds is 4. The molecule has 0 atom stereocenters. The third-order valence-corrected chi connectivity index (χ3v) is 8.31. The van der Waals surface area contributed by atoms with Crippen LogP contribution < -0.4 is 5.32 Å². The van der Waals surface area contributed by atoms with Crippen LogP contribution in [-0.2, 0) is 9.84 Å². The Morgan fingerprint density at radius 1 is 1.29 bits per heavy atom. The van der Waals surface area contributed by atoms with Crippen LogP contribution in [0.15, 0.2) is 4.99 Å². The maximum Gasteiger partial charge on any atom is 0.194 e. The van der Waals surface area contributed by atoms with E-state index in [9.17, 15) is 8.42 Å². The van der Waals surface area contributed by atoms with Gasteiger partial charge in [0.2, 0.25) is 0 Å². The zero-order valence-corrected chi connectivity index (χ0v) is 16.9. The lowest BCUT2D eigenvalue weighted by Crippen LogP contribution is -2.57. The molecular formula is C18H35N3O2S. The first-order valence-corrected chi connectivity index (χ1v) is 11.0. The molecule has 0 bridgehead atoms. The maximum atomic E-state index is 12.2. The van der Waals surface area contributed by atoms with Gasteiger partial charge in [0, 0.05) is 26.2 Å². The van der Waals surface area contributed by atoms with Crippen LogP contribution >= 0.6 is 0 Å². The van der Waals surface area contributed by atoms with Gasteiger partial charge in [0.1, 0.15) is 0 Å². The summed E-state index contributed by atoms with van der Waals surface area (Å²) in [6, 6.07) is 0. The van der Waals surface area contributed by atoms with Crippen molar-refractivity contribution in [1.29, 1.82) is 0 Å². The highest BCUT2D eigenvalue weighted by molar-refractivity contribution is 7.92. The van der Waals surface area contributed by atoms with Crippen molar-refractivity contribution in [3.05, 3.63) is 0 Å². The zero-order valence-electron chi connectivity index (χ0n) is 16.1. The summed E-state index contributed by atoms with van der Waals surface area (Å²) in [4.78, 5) is 7.02. The van der Waals surface area contributed by atoms with Crippen LogP contribution in [0.2, 0.25) is 0 Å². The van der Waals surface area contributed by atoms with E-state index < -0.39 is 14.6 Å². The number of hydrogen-bond acceptors (Lipinski definition) is 3. The topological polar surface area (TPSA) is 61.8 Å². The minimum Gasteiger partial charge on any atom is -0.357 e. The van der Waals surface area contributed by atoms with Crippen LogP contribution in [0.5, 0.6) is 0 Å². The summed E-state index contributed by atoms with van der Waals surface area (Å²) in [5.74, 6) is 1.82. The summed E-state index contributed by atoms with van der Waals surface area (Å²) in [5, 5.41) is 3.36. The predicted octanol–water partition coefficient (Wildman–Crippen LogP) is 2.68. The first-order chi connectivity index (χ1) is 11.1. The van der Waals surface area contributed by atoms with Crippen LogP contribution in [0.25, 0.3) is 0 Å². The molecule has 140 valence electrons. The molecule has 2 aliphatic rings. The second kappa shape index (κ2) is 7.22. The summed E-state index contributed by atoms with van der Waals surface area (Å²) in [6.07, 6.45) is 5.31. The Bertz CT molecular complexity index is 561. The first-order valence-electron chi connectivity index (χ1n) is 9.34. The monoisotopic (exact) mass is 357 g/mol. The average Bonchev–Trinajstić information content (AvgIpc) is 3.01. The molecule has 1 saturated carbocycles. The fourth-order valence-electron chi connectivity index (χ4n) is 3.87. The van der Waals surface area contributed by atoms with Crippen LogP contribution in [0.4, 0.5) is 0 Å². The van der Waals surface area contributed by atoms with Gasteiger partial charge in [0.05, 0.1) is 10.5 Å². The molecule has 0 aromatic rings. The van der Waals surface area contributed by atoms with Crippen molar-refractivity contribution in [2.75, 3.05) is 31.9 Å². The third-order valence-electron chi connectivity index (χ3n) is 5.77. The number of aliphatic imine (C=N–C) groups is 1. The van der Waals surface area contributed by atoms with Crippen LogP contribution in [0.3, 0.4) is 0 Å². The number of nitrogens with zero attached hydrogens (tertiary/aromatic N) is 2. The largest absolute Gasteiger partial charge is 0.357 e. The lowest BCUT2D eigenvalue weighted by atomic mass is 9.78. The fourth-order valence-corrected chi connectivity index (χ4v) is 5.23. The molecule has 2 fully saturated rings. The third kappa shape index (κ3) is 4.24. The van der Waals surface area contributed by atoms with E-state index in [1.54, 1.807) is 0 Å². The van der Waals surface area contributed by atoms with Crippen LogP contribution in [0, 0.1) is 11.3 Å². The molecule has 0 aromatic carbocycles. The summed E-state index contributed by atoms with van der Waals surface area (Å²) in [7, 11) is -3.02. The number of hydrogen-bond donors (Lipinski definition) is 1. The molecule has 0 amide bonds. The molecule has 1 saturated heterocycles. The number of guanidine groups is 1. The Kier molecular flexibility index (Phi) is 5.88. The Hall–Kier alpha value is -0.780. The molecule has 1 N–H and O–H groups in total. The van der Waals surface area contributed by atoms with Gasteiger partial charge in [-0.15, -0.1) is 0 Å². The van der Waals surface area contributed by atoms with E-state index in [2.05, 4.69) is 31.0 Å². The van der Waals surface area contributed by atoms with E-state index in [1.165, 1.54) is 25.7 Å². The lowest BCUT2D eigenvalue weighted by Gasteiger charge is -2.39. The van der Waals surface area contributed by atoms with E-state index in [-0.39, 0.29) is 11.2 Å². The van der Waals surface area contributed by atoms with Gasteiger partial charge in [-0.1, -0.05) is 26.7 Å². The molecule has 6 heteroatoms. The Morgan fingerprint density at radius 3 is 2.46 bits per heavy atom. The second-order valence-corrected chi connectivity index (χ2v) is 11.4. The lowest BCUT2D eigenvalue weighted by molar-refractivity contribution is 0.226. The molecule has 1 aliphatic carbocycles. The minimum absolute atomic E-state index is 0.203. The van der Waals surface area contributed by atoms with Crippen molar-refractivity contribution in [2.45, 2.75) is 65.0 Å². The van der Waals surface area contributed by atoms with Crippen molar-refractivity contribution < 1.29 is 8.42 Å². The molecule has 2 rings (SSSR count). The Labute approximate surface area is 148 Å². The summed E-state index contributed by atoms with van der Waals surface area (Å²) in [6.45, 7) is 13.0. The normalized spacial score (nSPS) is 25.0. The standard InChI is InChI=1S/C18H35N3O2S/c1-6-19-16(20-13-17(2,3)15-9-7-8-10-15)21-11-12-24(22,23)18(4,5)14-21/h15H,6-14H2,1-5H3,(H,19,20). The molecule has 1 aliphatic heterocycles. The summed E-state index contributed by atoms with van der Waals surface area (Å²) >= 11 is 0. The molecule has 24 heavy (non-hydrogen) atoms. The Morgan fingerprint density at radius 2 is 1.92 bits per heavy atom. The summed E-state index contributed by atoms with van der Waals surface area (Å²) in [5.41, 5.74) is 0.203. The average molecular weight is 358 g/mol. The highest BCUT2D eigenvalue weighted by Gasteiger charge is 2.41. The molecular weight excluding hydrogens is 322 g/mol. The van der Waals surface area contributed by atoms with E-state index in [4.69, 9.17) is 4.99 Å². The molecule has 5 nitrogen and oxygen atoms in total. The quantitative estimate of drug-likeness (QED) is 0.621. The van der Waals surface area contributed by atoms with Crippen LogP contribution in [0.1, 0.15) is 60.3 Å². The molecule has 0 radical (unpaired) electrons. The van der Waals surface area contributed by atoms with Gasteiger partial charge in [0.25, 0.3) is 0 Å². The molecule has 0 aromatic heterocycles. The highest BCUT2D eigenvalue weighted by Crippen LogP contribution is 2.39. The fraction of sp³-hybridized carbons (Fsp3) is 0.944. The maximum absolute atomic E-state index is 12.2. The highest BCUT2D eigenvalue weighted by atomic mass is 32.2. The first kappa shape index (κ1) is 19.5. The van der Waals surface area contributed by atoms with Gasteiger partial charge in [0.15, 0.2) is 15.8 Å². The predicted molar refractivity (Wildman–Crippen MR) is 101 cm³/mol. The van der Waals surface area contributed by atoms with E-state index >= 15 is 0 Å². The van der Waals surface area contributed by atoms with Crippen molar-refractivity contribution in [1.82, 2.24) is 10.2 Å². The number of nitrogens with one attached hydrogen (secondary N) is 1. The second-order valence-electron chi connectivity index (χ2n) is 8.64. The summed E-state index contributed by atoms with van der Waals surface area (Å²) < 4.78 is 23.7. The van der Waals surface area contributed by atoms with Crippen molar-refractivity contribution in [2.24, 2.45) is 16.3 Å². The zero-order chi connectivity index (χ0) is 18.0. The van der Waals surface area contributed by atoms with Crippen molar-refractivity contribution in [3.8, 4) is 0 Å². The minimum atomic E-state index is -3.02. The van der Waals surface area contributed by atoms with Gasteiger partial charge in [-0.05, 0) is 44.9 Å². The van der Waals surface area contributed by atoms with Gasteiger partial charge in [-0.2, -0.15) is 0 Å². The van der Waals surface area contributed by atoms with Gasteiger partial charge in [-0.3, -0.25) is 4.99 Å². The number of sulfone groups is 1. The smallest absolute Gasteiger partial charge is 0.194 e. The SMILES string of the molecule is CCNC(=NCC(C)(C)C1CCCC1)N1CCS(=O)(=O)C(C)(C)C1. The molecule has 0 spiro atoms. The van der Waals surface area contributed by atoms with E-state index in [0.29, 0.717) is 13.1 Å². The molecule has 0 unspecified atom stereocenters. The van der Waals surface area contributed by atoms with Gasteiger partial charge in [-0.25, -0.2) is 8.42 Å². The van der Waals surface area contributed by atoms with Gasteiger partial charge >= 0.3 is 0 Å². The van der Waals surface area contributed by atoms with Gasteiger partial charge < -0.3 is 10.2 Å². The van der Waals surface area contributed by atoms with Crippen molar-refractivity contribution >= 4 is 15.8 Å². The van der Waals surface area contributed by atoms with Crippen LogP contribution in [-0.4, -0.2) is 56.0 Å². The van der Waals surface area contributed by atoms with Crippen molar-refractivity contribution in [3.63, 3.8) is 0 Å². The molecule has 1 heterocycles. The Balaban J connectivity index is 2.11. The van der Waals surface area contributed by atoms with E-state index in [0.717, 1.165) is 25.0 Å². The van der Waals surface area contributed by atoms with E-state index in [1.807, 2.05) is 13.8 Å².